The minimum absolute atomic E-state index is 0.120. The molecule has 1 N–H and O–H groups in total. The van der Waals surface area contributed by atoms with Crippen LogP contribution in [0.15, 0.2) is 72.8 Å². The van der Waals surface area contributed by atoms with E-state index in [2.05, 4.69) is 76.6 Å². The first-order valence-corrected chi connectivity index (χ1v) is 12.7. The maximum Gasteiger partial charge on any atom is 0.119 e. The molecular formula is C30H31ClN2O. The van der Waals surface area contributed by atoms with Gasteiger partial charge < -0.3 is 14.6 Å². The molecule has 2 atom stereocenters. The van der Waals surface area contributed by atoms with Gasteiger partial charge in [0.05, 0.1) is 7.11 Å². The lowest BCUT2D eigenvalue weighted by atomic mass is 9.58. The first-order valence-electron chi connectivity index (χ1n) is 12.3. The molecule has 0 saturated carbocycles. The van der Waals surface area contributed by atoms with Crippen LogP contribution in [-0.2, 0) is 24.7 Å². The maximum atomic E-state index is 6.40. The van der Waals surface area contributed by atoms with Crippen LogP contribution >= 0.6 is 11.6 Å². The highest BCUT2D eigenvalue weighted by molar-refractivity contribution is 6.31. The molecule has 1 aliphatic heterocycles. The molecule has 0 bridgehead atoms. The smallest absolute Gasteiger partial charge is 0.119 e. The Bertz CT molecular complexity index is 1310. The van der Waals surface area contributed by atoms with Gasteiger partial charge in [0.25, 0.3) is 0 Å². The minimum atomic E-state index is 0.120. The van der Waals surface area contributed by atoms with E-state index in [1.165, 1.54) is 33.3 Å². The lowest BCUT2D eigenvalue weighted by Crippen LogP contribution is -2.54. The summed E-state index contributed by atoms with van der Waals surface area (Å²) in [5, 5.41) is 2.11. The molecule has 1 aromatic heterocycles. The predicted molar refractivity (Wildman–Crippen MR) is 140 cm³/mol. The third-order valence-electron chi connectivity index (χ3n) is 8.24. The highest BCUT2D eigenvalue weighted by Gasteiger charge is 2.48. The van der Waals surface area contributed by atoms with Crippen molar-refractivity contribution >= 4 is 22.5 Å². The molecule has 6 rings (SSSR count). The highest BCUT2D eigenvalue weighted by Crippen LogP contribution is 2.49. The molecule has 0 radical (unpaired) electrons. The fourth-order valence-corrected chi connectivity index (χ4v) is 6.58. The van der Waals surface area contributed by atoms with E-state index in [4.69, 9.17) is 16.3 Å². The van der Waals surface area contributed by atoms with Crippen LogP contribution in [-0.4, -0.2) is 36.6 Å². The normalized spacial score (nSPS) is 22.4. The van der Waals surface area contributed by atoms with E-state index < -0.39 is 0 Å². The minimum Gasteiger partial charge on any atom is -0.497 e. The molecule has 1 aliphatic carbocycles. The molecule has 3 nitrogen and oxygen atoms in total. The number of H-pyrrole nitrogens is 1. The largest absolute Gasteiger partial charge is 0.497 e. The molecule has 0 amide bonds. The number of nitrogens with zero attached hydrogens (tertiary/aromatic N) is 1. The van der Waals surface area contributed by atoms with Gasteiger partial charge in [-0.05, 0) is 85.2 Å². The lowest BCUT2D eigenvalue weighted by Gasteiger charge is -2.51. The van der Waals surface area contributed by atoms with E-state index in [1.54, 1.807) is 7.11 Å². The average molecular weight is 471 g/mol. The standard InChI is InChI=1S/C30H31ClN2O/c1-34-25-9-5-8-22(16-25)30-13-15-33(14-12-21-6-3-2-4-7-21)20-23(30)17-26-27-18-24(31)10-11-28(27)32-29(26)19-30/h2-11,16,18,23,32H,12-15,17,19-20H2,1H3. The Morgan fingerprint density at radius 2 is 1.94 bits per heavy atom. The second kappa shape index (κ2) is 8.79. The van der Waals surface area contributed by atoms with Gasteiger partial charge in [-0.1, -0.05) is 54.1 Å². The zero-order valence-electron chi connectivity index (χ0n) is 19.7. The number of rotatable bonds is 5. The Labute approximate surface area is 206 Å². The Balaban J connectivity index is 1.36. The number of likely N-dealkylation sites (tertiary alicyclic amines) is 1. The molecule has 3 aromatic carbocycles. The van der Waals surface area contributed by atoms with Crippen LogP contribution in [0, 0.1) is 5.92 Å². The van der Waals surface area contributed by atoms with Crippen LogP contribution in [0.25, 0.3) is 10.9 Å². The summed E-state index contributed by atoms with van der Waals surface area (Å²) in [5.41, 5.74) is 7.01. The van der Waals surface area contributed by atoms with Crippen molar-refractivity contribution in [2.24, 2.45) is 5.92 Å². The number of methoxy groups -OCH3 is 1. The summed E-state index contributed by atoms with van der Waals surface area (Å²) in [6.07, 6.45) is 4.39. The van der Waals surface area contributed by atoms with Crippen molar-refractivity contribution in [3.8, 4) is 5.75 Å². The second-order valence-corrected chi connectivity index (χ2v) is 10.5. The Morgan fingerprint density at radius 3 is 2.79 bits per heavy atom. The van der Waals surface area contributed by atoms with Crippen LogP contribution < -0.4 is 4.74 Å². The van der Waals surface area contributed by atoms with Gasteiger partial charge >= 0.3 is 0 Å². The van der Waals surface area contributed by atoms with Crippen molar-refractivity contribution in [2.45, 2.75) is 31.1 Å². The van der Waals surface area contributed by atoms with Crippen molar-refractivity contribution in [1.29, 1.82) is 0 Å². The van der Waals surface area contributed by atoms with E-state index >= 15 is 0 Å². The number of nitrogens with one attached hydrogen (secondary N) is 1. The topological polar surface area (TPSA) is 28.3 Å². The Kier molecular flexibility index (Phi) is 5.63. The quantitative estimate of drug-likeness (QED) is 0.364. The number of hydrogen-bond donors (Lipinski definition) is 1. The van der Waals surface area contributed by atoms with Crippen LogP contribution in [0.4, 0.5) is 0 Å². The van der Waals surface area contributed by atoms with Gasteiger partial charge in [-0.3, -0.25) is 0 Å². The number of aromatic amines is 1. The van der Waals surface area contributed by atoms with Gasteiger partial charge in [-0.25, -0.2) is 0 Å². The van der Waals surface area contributed by atoms with Gasteiger partial charge in [-0.2, -0.15) is 0 Å². The first kappa shape index (κ1) is 21.8. The van der Waals surface area contributed by atoms with Crippen molar-refractivity contribution in [3.05, 3.63) is 100 Å². The van der Waals surface area contributed by atoms with Crippen molar-refractivity contribution in [2.75, 3.05) is 26.7 Å². The van der Waals surface area contributed by atoms with Crippen molar-refractivity contribution in [1.82, 2.24) is 9.88 Å². The number of fused-ring (bicyclic) bond motifs is 4. The van der Waals surface area contributed by atoms with Gasteiger partial charge in [0.15, 0.2) is 0 Å². The third-order valence-corrected chi connectivity index (χ3v) is 8.47. The second-order valence-electron chi connectivity index (χ2n) is 10.0. The molecule has 1 fully saturated rings. The van der Waals surface area contributed by atoms with E-state index in [9.17, 15) is 0 Å². The summed E-state index contributed by atoms with van der Waals surface area (Å²) in [6, 6.07) is 25.9. The molecule has 4 heteroatoms. The van der Waals surface area contributed by atoms with E-state index in [0.29, 0.717) is 5.92 Å². The molecule has 2 unspecified atom stereocenters. The summed E-state index contributed by atoms with van der Waals surface area (Å²) >= 11 is 6.40. The lowest BCUT2D eigenvalue weighted by molar-refractivity contribution is 0.0822. The van der Waals surface area contributed by atoms with Gasteiger partial charge in [-0.15, -0.1) is 0 Å². The average Bonchev–Trinajstić information content (AvgIpc) is 3.22. The first-order chi connectivity index (χ1) is 16.6. The summed E-state index contributed by atoms with van der Waals surface area (Å²) < 4.78 is 5.63. The van der Waals surface area contributed by atoms with Crippen LogP contribution in [0.1, 0.15) is 28.8 Å². The summed E-state index contributed by atoms with van der Waals surface area (Å²) in [6.45, 7) is 3.36. The van der Waals surface area contributed by atoms with Crippen LogP contribution in [0.3, 0.4) is 0 Å². The third kappa shape index (κ3) is 3.81. The summed E-state index contributed by atoms with van der Waals surface area (Å²) in [4.78, 5) is 6.44. The fourth-order valence-electron chi connectivity index (χ4n) is 6.40. The summed E-state index contributed by atoms with van der Waals surface area (Å²) in [5.74, 6) is 1.50. The molecule has 2 aliphatic rings. The molecule has 1 saturated heterocycles. The zero-order valence-corrected chi connectivity index (χ0v) is 20.4. The van der Waals surface area contributed by atoms with E-state index in [0.717, 1.165) is 56.1 Å². The SMILES string of the molecule is COc1cccc(C23CCN(CCc4ccccc4)CC2Cc2c([nH]c4ccc(Cl)cc24)C3)c1. The number of halogens is 1. The summed E-state index contributed by atoms with van der Waals surface area (Å²) in [7, 11) is 1.76. The fraction of sp³-hybridized carbons (Fsp3) is 0.333. The number of ether oxygens (including phenoxy) is 1. The van der Waals surface area contributed by atoms with E-state index in [-0.39, 0.29) is 5.41 Å². The molecule has 2 heterocycles. The maximum absolute atomic E-state index is 6.40. The molecule has 0 spiro atoms. The number of hydrogen-bond acceptors (Lipinski definition) is 2. The van der Waals surface area contributed by atoms with Crippen molar-refractivity contribution < 1.29 is 4.74 Å². The Hall–Kier alpha value is -2.75. The van der Waals surface area contributed by atoms with Crippen LogP contribution in [0.2, 0.25) is 5.02 Å². The molecule has 34 heavy (non-hydrogen) atoms. The number of piperidine rings is 1. The van der Waals surface area contributed by atoms with Crippen molar-refractivity contribution in [3.63, 3.8) is 0 Å². The van der Waals surface area contributed by atoms with Gasteiger partial charge in [0, 0.05) is 40.1 Å². The zero-order chi connectivity index (χ0) is 23.1. The Morgan fingerprint density at radius 1 is 1.06 bits per heavy atom. The number of aromatic nitrogens is 1. The van der Waals surface area contributed by atoms with Gasteiger partial charge in [0.1, 0.15) is 5.75 Å². The molecular weight excluding hydrogens is 440 g/mol. The molecule has 174 valence electrons. The van der Waals surface area contributed by atoms with Gasteiger partial charge in [0.2, 0.25) is 0 Å². The molecule has 4 aromatic rings. The monoisotopic (exact) mass is 470 g/mol. The number of benzene rings is 3. The van der Waals surface area contributed by atoms with E-state index in [1.807, 2.05) is 6.07 Å². The highest BCUT2D eigenvalue weighted by atomic mass is 35.5. The van der Waals surface area contributed by atoms with Crippen LogP contribution in [0.5, 0.6) is 5.75 Å². The predicted octanol–water partition coefficient (Wildman–Crippen LogP) is 6.43.